The van der Waals surface area contributed by atoms with E-state index in [2.05, 4.69) is 15.4 Å². The molecule has 0 radical (unpaired) electrons. The maximum absolute atomic E-state index is 14.7. The Morgan fingerprint density at radius 3 is 2.51 bits per heavy atom. The lowest BCUT2D eigenvalue weighted by Gasteiger charge is -2.30. The summed E-state index contributed by atoms with van der Waals surface area (Å²) in [6, 6.07) is 11.3. The van der Waals surface area contributed by atoms with Crippen LogP contribution in [-0.4, -0.2) is 106 Å². The Morgan fingerprint density at radius 2 is 1.81 bits per heavy atom. The van der Waals surface area contributed by atoms with E-state index in [1.165, 1.54) is 30.3 Å². The van der Waals surface area contributed by atoms with E-state index in [1.807, 2.05) is 78.4 Å². The van der Waals surface area contributed by atoms with Gasteiger partial charge in [-0.2, -0.15) is 17.7 Å². The topological polar surface area (TPSA) is 194 Å². The fourth-order valence-corrected chi connectivity index (χ4v) is 9.64. The van der Waals surface area contributed by atoms with Crippen molar-refractivity contribution >= 4 is 68.0 Å². The minimum Gasteiger partial charge on any atom is -0.459 e. The molecule has 16 nitrogen and oxygen atoms in total. The molecule has 0 unspecified atom stereocenters. The molecule has 2 aliphatic heterocycles. The number of nitrogens with one attached hydrogen (secondary N) is 3. The van der Waals surface area contributed by atoms with Crippen molar-refractivity contribution in [2.45, 2.75) is 115 Å². The zero-order chi connectivity index (χ0) is 45.4. The van der Waals surface area contributed by atoms with Crippen LogP contribution in [0.15, 0.2) is 60.0 Å². The van der Waals surface area contributed by atoms with Gasteiger partial charge in [-0.1, -0.05) is 54.8 Å². The highest BCUT2D eigenvalue weighted by molar-refractivity contribution is 7.87. The number of carbonyl (C=O) groups excluding carboxylic acids is 4. The number of alkyl carbamates (subject to hydrolysis) is 1. The first-order chi connectivity index (χ1) is 29.8. The van der Waals surface area contributed by atoms with Gasteiger partial charge in [0.25, 0.3) is 11.9 Å². The maximum atomic E-state index is 14.7. The molecule has 3 N–H and O–H groups in total. The smallest absolute Gasteiger partial charge is 0.408 e. The summed E-state index contributed by atoms with van der Waals surface area (Å²) in [5, 5.41) is 9.01. The van der Waals surface area contributed by atoms with Gasteiger partial charge in [0.2, 0.25) is 11.8 Å². The van der Waals surface area contributed by atoms with Crippen molar-refractivity contribution in [3.8, 4) is 27.8 Å². The number of allylic oxidation sites excluding steroid dienone is 1. The molecule has 5 atom stereocenters. The Bertz CT molecular complexity index is 2520. The molecule has 4 amide bonds. The van der Waals surface area contributed by atoms with Crippen LogP contribution in [0.4, 0.5) is 4.79 Å². The van der Waals surface area contributed by atoms with Crippen molar-refractivity contribution in [3.63, 3.8) is 0 Å². The second-order valence-electron chi connectivity index (χ2n) is 17.8. The predicted molar refractivity (Wildman–Crippen MR) is 241 cm³/mol. The molecule has 63 heavy (non-hydrogen) atoms. The van der Waals surface area contributed by atoms with Gasteiger partial charge in [-0.25, -0.2) is 14.5 Å². The van der Waals surface area contributed by atoms with E-state index in [9.17, 15) is 27.6 Å². The summed E-state index contributed by atoms with van der Waals surface area (Å²) in [7, 11) is -1.61. The Labute approximate surface area is 376 Å². The van der Waals surface area contributed by atoms with Gasteiger partial charge >= 0.3 is 16.3 Å². The van der Waals surface area contributed by atoms with E-state index in [0.29, 0.717) is 23.4 Å². The number of aromatic nitrogens is 3. The molecule has 1 saturated heterocycles. The van der Waals surface area contributed by atoms with Gasteiger partial charge in [-0.3, -0.25) is 19.0 Å². The van der Waals surface area contributed by atoms with Gasteiger partial charge in [-0.05, 0) is 84.6 Å². The lowest BCUT2D eigenvalue weighted by Crippen LogP contribution is -2.58. The average Bonchev–Trinajstić information content (AvgIpc) is 3.55. The van der Waals surface area contributed by atoms with Gasteiger partial charge in [0.05, 0.1) is 17.8 Å². The molecule has 7 rings (SSSR count). The molecule has 4 heterocycles. The lowest BCUT2D eigenvalue weighted by atomic mass is 10.0. The highest BCUT2D eigenvalue weighted by Crippen LogP contribution is 2.46. The second kappa shape index (κ2) is 18.2. The summed E-state index contributed by atoms with van der Waals surface area (Å²) in [6.45, 7) is 9.15. The lowest BCUT2D eigenvalue weighted by molar-refractivity contribution is -0.141. The van der Waals surface area contributed by atoms with E-state index in [-0.39, 0.29) is 37.9 Å². The van der Waals surface area contributed by atoms with E-state index < -0.39 is 69.3 Å². The third-order valence-electron chi connectivity index (χ3n) is 11.4. The number of fused-ring (bicyclic) bond motifs is 3. The number of amides is 4. The number of para-hydroxylation sites is 1. The summed E-state index contributed by atoms with van der Waals surface area (Å²) in [5.41, 5.74) is 1.59. The molecular formula is C44H55ClN8O8S2. The largest absolute Gasteiger partial charge is 0.459 e. The van der Waals surface area contributed by atoms with Crippen molar-refractivity contribution in [2.75, 3.05) is 20.6 Å². The van der Waals surface area contributed by atoms with E-state index in [0.717, 1.165) is 44.5 Å². The molecule has 1 aliphatic carbocycles. The molecule has 19 heteroatoms. The zero-order valence-corrected chi connectivity index (χ0v) is 38.9. The Kier molecular flexibility index (Phi) is 13.3. The standard InChI is InChI=1S/C44H55ClN8O8S2/c1-26(2)53-34-17-13-15-31(38-46-33(25-62-38)27-18-20-29(45)21-19-27)36(34)48-41(53)60-30-22-35-37(54)49-44(40(56)50-63(58,59)51(6)7)23-28(44)14-11-9-8-10-12-16-32(39(55)52(35)24-30)47-42(57)61-43(3,4)5/h11,13-15,17-21,25-26,28,30,32,35H,8-10,12,16,22-24H2,1-7H3,(H,47,57)(H,49,54)(H,50,56)/b14-11-/t28-,30+,32-,35-,44+/m0/s1. The quantitative estimate of drug-likeness (QED) is 0.154. The van der Waals surface area contributed by atoms with Crippen molar-refractivity contribution in [1.82, 2.24) is 39.1 Å². The molecular weight excluding hydrogens is 868 g/mol. The molecule has 3 aliphatic rings. The van der Waals surface area contributed by atoms with E-state index >= 15 is 0 Å². The van der Waals surface area contributed by atoms with Crippen LogP contribution in [0.3, 0.4) is 0 Å². The molecule has 4 aromatic rings. The monoisotopic (exact) mass is 922 g/mol. The Morgan fingerprint density at radius 1 is 1.06 bits per heavy atom. The van der Waals surface area contributed by atoms with Crippen LogP contribution < -0.4 is 20.1 Å². The summed E-state index contributed by atoms with van der Waals surface area (Å²) in [5.74, 6) is -2.53. The predicted octanol–water partition coefficient (Wildman–Crippen LogP) is 6.62. The van der Waals surface area contributed by atoms with Crippen molar-refractivity contribution < 1.29 is 37.1 Å². The molecule has 2 aromatic carbocycles. The number of imidazole rings is 1. The van der Waals surface area contributed by atoms with Gasteiger partial charge in [0.15, 0.2) is 0 Å². The third kappa shape index (κ3) is 10.2. The third-order valence-corrected chi connectivity index (χ3v) is 13.9. The van der Waals surface area contributed by atoms with Crippen LogP contribution >= 0.6 is 22.9 Å². The number of benzene rings is 2. The first-order valence-electron chi connectivity index (χ1n) is 21.2. The minimum atomic E-state index is -4.19. The van der Waals surface area contributed by atoms with Crippen molar-refractivity contribution in [3.05, 3.63) is 65.0 Å². The number of carbonyl (C=O) groups is 4. The molecule has 2 aromatic heterocycles. The van der Waals surface area contributed by atoms with E-state index in [4.69, 9.17) is 31.0 Å². The summed E-state index contributed by atoms with van der Waals surface area (Å²) >= 11 is 7.62. The van der Waals surface area contributed by atoms with Crippen LogP contribution in [0, 0.1) is 5.92 Å². The van der Waals surface area contributed by atoms with Gasteiger partial charge < -0.3 is 25.0 Å². The van der Waals surface area contributed by atoms with Crippen LogP contribution in [0.1, 0.15) is 85.6 Å². The number of rotatable bonds is 9. The van der Waals surface area contributed by atoms with Crippen LogP contribution in [0.5, 0.6) is 6.01 Å². The number of hydrogen-bond acceptors (Lipinski definition) is 11. The van der Waals surface area contributed by atoms with Gasteiger partial charge in [0, 0.05) is 54.0 Å². The number of halogens is 1. The SMILES string of the molecule is CC(C)n1c(O[C@@H]2C[C@H]3C(=O)N[C@]4(C(=O)NS(=O)(=O)N(C)C)C[C@@H]4/C=C\CCCCC[C@H](NC(=O)OC(C)(C)C)C(=O)N3C2)nc2c(-c3nc(-c4ccc(Cl)cc4)cs3)cccc21. The first-order valence-corrected chi connectivity index (χ1v) is 23.9. The summed E-state index contributed by atoms with van der Waals surface area (Å²) in [4.78, 5) is 67.7. The summed E-state index contributed by atoms with van der Waals surface area (Å²) < 4.78 is 42.9. The molecule has 2 fully saturated rings. The molecule has 0 bridgehead atoms. The Balaban J connectivity index is 1.23. The molecule has 1 saturated carbocycles. The van der Waals surface area contributed by atoms with E-state index in [1.54, 1.807) is 20.8 Å². The number of hydrogen-bond donors (Lipinski definition) is 3. The first kappa shape index (κ1) is 46.0. The normalized spacial score (nSPS) is 23.9. The minimum absolute atomic E-state index is 0.00994. The number of thiazole rings is 1. The van der Waals surface area contributed by atoms with Crippen molar-refractivity contribution in [1.29, 1.82) is 0 Å². The van der Waals surface area contributed by atoms with Crippen LogP contribution in [0.2, 0.25) is 5.02 Å². The summed E-state index contributed by atoms with van der Waals surface area (Å²) in [6.07, 6.45) is 5.48. The fourth-order valence-electron chi connectivity index (χ4n) is 8.06. The number of nitrogens with zero attached hydrogens (tertiary/aromatic N) is 5. The van der Waals surface area contributed by atoms with Crippen LogP contribution in [0.25, 0.3) is 32.9 Å². The second-order valence-corrected chi connectivity index (χ2v) is 21.0. The van der Waals surface area contributed by atoms with Crippen molar-refractivity contribution in [2.24, 2.45) is 5.92 Å². The average molecular weight is 924 g/mol. The van der Waals surface area contributed by atoms with Gasteiger partial charge in [0.1, 0.15) is 39.9 Å². The highest BCUT2D eigenvalue weighted by Gasteiger charge is 2.62. The van der Waals surface area contributed by atoms with Crippen LogP contribution in [-0.2, 0) is 29.3 Å². The molecule has 338 valence electrons. The fraction of sp³-hybridized carbons (Fsp3) is 0.500. The zero-order valence-electron chi connectivity index (χ0n) is 36.5. The molecule has 0 spiro atoms. The maximum Gasteiger partial charge on any atom is 0.408 e. The number of ether oxygens (including phenoxy) is 2. The Hall–Kier alpha value is -5.04. The highest BCUT2D eigenvalue weighted by atomic mass is 35.5. The van der Waals surface area contributed by atoms with Gasteiger partial charge in [-0.15, -0.1) is 11.3 Å².